The van der Waals surface area contributed by atoms with E-state index in [4.69, 9.17) is 4.74 Å². The van der Waals surface area contributed by atoms with E-state index < -0.39 is 37.3 Å². The Bertz CT molecular complexity index is 977. The Hall–Kier alpha value is -2.62. The lowest BCUT2D eigenvalue weighted by molar-refractivity contribution is -0.245. The Morgan fingerprint density at radius 3 is 2.67 bits per heavy atom. The standard InChI is InChI=1S/C22H24N2O6/c1-11-14-6-5-13(24-19-21(28)20(27)17(10-25)30-22(19)29)8-12(14)9-16(26)18(11)15-4-2-3-7-23-15/h2-8,17,19-22,24-25,27-29H,9-10H2,1H3/t17?,19?,20-,21-,22?/m1/s1. The Labute approximate surface area is 173 Å². The summed E-state index contributed by atoms with van der Waals surface area (Å²) in [6.45, 7) is 1.37. The van der Waals surface area contributed by atoms with E-state index in [1.54, 1.807) is 24.4 Å². The normalized spacial score (nSPS) is 29.0. The van der Waals surface area contributed by atoms with E-state index in [1.807, 2.05) is 25.1 Å². The molecule has 1 saturated heterocycles. The van der Waals surface area contributed by atoms with Crippen LogP contribution in [-0.4, -0.2) is 68.4 Å². The van der Waals surface area contributed by atoms with Gasteiger partial charge in [0.1, 0.15) is 24.4 Å². The number of carbonyl (C=O) groups excluding carboxylic acids is 1. The third kappa shape index (κ3) is 3.64. The number of ketones is 1. The summed E-state index contributed by atoms with van der Waals surface area (Å²) in [7, 11) is 0. The highest BCUT2D eigenvalue weighted by atomic mass is 16.6. The fourth-order valence-corrected chi connectivity index (χ4v) is 4.09. The first-order valence-electron chi connectivity index (χ1n) is 9.76. The van der Waals surface area contributed by atoms with Crippen LogP contribution in [0.5, 0.6) is 0 Å². The number of allylic oxidation sites excluding steroid dienone is 2. The molecule has 1 fully saturated rings. The molecular weight excluding hydrogens is 388 g/mol. The van der Waals surface area contributed by atoms with Gasteiger partial charge in [0.2, 0.25) is 0 Å². The van der Waals surface area contributed by atoms with Gasteiger partial charge < -0.3 is 30.5 Å². The number of aliphatic hydroxyl groups is 4. The third-order valence-electron chi connectivity index (χ3n) is 5.67. The van der Waals surface area contributed by atoms with Crippen molar-refractivity contribution in [3.63, 3.8) is 0 Å². The number of aromatic nitrogens is 1. The molecule has 4 rings (SSSR count). The third-order valence-corrected chi connectivity index (χ3v) is 5.67. The van der Waals surface area contributed by atoms with Crippen molar-refractivity contribution < 1.29 is 30.0 Å². The fourth-order valence-electron chi connectivity index (χ4n) is 4.09. The summed E-state index contributed by atoms with van der Waals surface area (Å²) in [5, 5.41) is 42.7. The van der Waals surface area contributed by atoms with Crippen molar-refractivity contribution in [1.29, 1.82) is 0 Å². The highest BCUT2D eigenvalue weighted by molar-refractivity contribution is 6.29. The van der Waals surface area contributed by atoms with Crippen molar-refractivity contribution in [1.82, 2.24) is 4.98 Å². The van der Waals surface area contributed by atoms with E-state index in [-0.39, 0.29) is 12.2 Å². The van der Waals surface area contributed by atoms with Gasteiger partial charge in [-0.25, -0.2) is 0 Å². The summed E-state index contributed by atoms with van der Waals surface area (Å²) in [5.74, 6) is -0.0295. The van der Waals surface area contributed by atoms with Crippen LogP contribution < -0.4 is 5.32 Å². The second-order valence-electron chi connectivity index (χ2n) is 7.59. The summed E-state index contributed by atoms with van der Waals surface area (Å²) < 4.78 is 5.18. The van der Waals surface area contributed by atoms with Gasteiger partial charge in [0.05, 0.1) is 12.3 Å². The second kappa shape index (κ2) is 8.25. The number of rotatable bonds is 4. The molecule has 2 aromatic rings. The zero-order valence-electron chi connectivity index (χ0n) is 16.4. The maximum atomic E-state index is 12.8. The fraction of sp³-hybridized carbons (Fsp3) is 0.364. The first-order valence-corrected chi connectivity index (χ1v) is 9.76. The Balaban J connectivity index is 1.61. The van der Waals surface area contributed by atoms with Crippen molar-refractivity contribution in [2.24, 2.45) is 0 Å². The number of Topliss-reactive ketones (excluding diaryl/α,β-unsaturated/α-hetero) is 1. The maximum Gasteiger partial charge on any atom is 0.178 e. The largest absolute Gasteiger partial charge is 0.394 e. The number of hydrogen-bond acceptors (Lipinski definition) is 8. The van der Waals surface area contributed by atoms with Gasteiger partial charge in [-0.1, -0.05) is 12.1 Å². The molecule has 1 aromatic carbocycles. The highest BCUT2D eigenvalue weighted by Crippen LogP contribution is 2.35. The van der Waals surface area contributed by atoms with Crippen LogP contribution in [0.25, 0.3) is 11.1 Å². The van der Waals surface area contributed by atoms with Crippen molar-refractivity contribution in [2.45, 2.75) is 44.0 Å². The number of aliphatic hydroxyl groups excluding tert-OH is 4. The van der Waals surface area contributed by atoms with Gasteiger partial charge >= 0.3 is 0 Å². The number of benzene rings is 1. The lowest BCUT2D eigenvalue weighted by atomic mass is 9.83. The lowest BCUT2D eigenvalue weighted by Crippen LogP contribution is -2.61. The Morgan fingerprint density at radius 2 is 1.97 bits per heavy atom. The average molecular weight is 412 g/mol. The van der Waals surface area contributed by atoms with Crippen LogP contribution in [0.4, 0.5) is 5.69 Å². The van der Waals surface area contributed by atoms with Crippen LogP contribution in [0, 0.1) is 0 Å². The summed E-state index contributed by atoms with van der Waals surface area (Å²) in [4.78, 5) is 17.1. The van der Waals surface area contributed by atoms with Gasteiger partial charge in [0.25, 0.3) is 0 Å². The van der Waals surface area contributed by atoms with Crippen LogP contribution in [0.15, 0.2) is 42.6 Å². The van der Waals surface area contributed by atoms with E-state index in [9.17, 15) is 25.2 Å². The average Bonchev–Trinajstić information content (AvgIpc) is 2.74. The molecule has 1 aromatic heterocycles. The monoisotopic (exact) mass is 412 g/mol. The maximum absolute atomic E-state index is 12.8. The topological polar surface area (TPSA) is 132 Å². The van der Waals surface area contributed by atoms with Crippen LogP contribution >= 0.6 is 0 Å². The minimum Gasteiger partial charge on any atom is -0.394 e. The second-order valence-corrected chi connectivity index (χ2v) is 7.59. The highest BCUT2D eigenvalue weighted by Gasteiger charge is 2.43. The molecule has 8 heteroatoms. The van der Waals surface area contributed by atoms with E-state index in [1.165, 1.54) is 0 Å². The number of ether oxygens (including phenoxy) is 1. The number of fused-ring (bicyclic) bond motifs is 1. The van der Waals surface area contributed by atoms with Crippen molar-refractivity contribution in [2.75, 3.05) is 11.9 Å². The smallest absolute Gasteiger partial charge is 0.178 e. The molecule has 5 N–H and O–H groups in total. The summed E-state index contributed by atoms with van der Waals surface area (Å²) in [6.07, 6.45) is -3.32. The summed E-state index contributed by atoms with van der Waals surface area (Å²) in [6, 6.07) is 9.90. The van der Waals surface area contributed by atoms with Crippen molar-refractivity contribution in [3.8, 4) is 0 Å². The minimum atomic E-state index is -1.42. The zero-order valence-corrected chi connectivity index (χ0v) is 16.4. The number of hydrogen-bond donors (Lipinski definition) is 5. The number of anilines is 1. The molecule has 3 unspecified atom stereocenters. The van der Waals surface area contributed by atoms with Gasteiger partial charge in [-0.05, 0) is 47.9 Å². The van der Waals surface area contributed by atoms with Crippen LogP contribution in [0.2, 0.25) is 0 Å². The lowest BCUT2D eigenvalue weighted by Gasteiger charge is -2.40. The molecule has 0 amide bonds. The predicted molar refractivity (Wildman–Crippen MR) is 109 cm³/mol. The molecule has 158 valence electrons. The summed E-state index contributed by atoms with van der Waals surface area (Å²) in [5.41, 5.74) is 4.41. The van der Waals surface area contributed by atoms with Crippen LogP contribution in [0.3, 0.4) is 0 Å². The van der Waals surface area contributed by atoms with E-state index in [0.29, 0.717) is 17.0 Å². The molecule has 30 heavy (non-hydrogen) atoms. The molecule has 0 spiro atoms. The quantitative estimate of drug-likeness (QED) is 0.486. The number of nitrogens with one attached hydrogen (secondary N) is 1. The van der Waals surface area contributed by atoms with E-state index >= 15 is 0 Å². The molecule has 2 heterocycles. The molecule has 2 aliphatic rings. The van der Waals surface area contributed by atoms with Gasteiger partial charge in [0.15, 0.2) is 12.1 Å². The number of carbonyl (C=O) groups is 1. The molecule has 8 nitrogen and oxygen atoms in total. The molecule has 5 atom stereocenters. The van der Waals surface area contributed by atoms with Crippen molar-refractivity contribution in [3.05, 3.63) is 59.4 Å². The first kappa shape index (κ1) is 20.6. The first-order chi connectivity index (χ1) is 14.4. The molecule has 0 radical (unpaired) electrons. The predicted octanol–water partition coefficient (Wildman–Crippen LogP) is 0.349. The van der Waals surface area contributed by atoms with E-state index in [0.717, 1.165) is 16.7 Å². The Kier molecular flexibility index (Phi) is 5.68. The van der Waals surface area contributed by atoms with Gasteiger partial charge in [-0.2, -0.15) is 0 Å². The molecule has 0 saturated carbocycles. The van der Waals surface area contributed by atoms with Crippen LogP contribution in [0.1, 0.15) is 23.7 Å². The molecule has 1 aliphatic carbocycles. The van der Waals surface area contributed by atoms with Crippen LogP contribution in [-0.2, 0) is 16.0 Å². The SMILES string of the molecule is CC1=C(c2ccccn2)C(=O)Cc2cc(NC3C(O)OC(CO)[C@@H](O)[C@@H]3O)ccc21. The van der Waals surface area contributed by atoms with Gasteiger partial charge in [0, 0.05) is 23.9 Å². The minimum absolute atomic E-state index is 0.0295. The number of pyridine rings is 1. The summed E-state index contributed by atoms with van der Waals surface area (Å²) >= 11 is 0. The van der Waals surface area contributed by atoms with E-state index in [2.05, 4.69) is 10.3 Å². The number of nitrogens with zero attached hydrogens (tertiary/aromatic N) is 1. The van der Waals surface area contributed by atoms with Gasteiger partial charge in [-0.3, -0.25) is 9.78 Å². The zero-order chi connectivity index (χ0) is 21.4. The van der Waals surface area contributed by atoms with Crippen molar-refractivity contribution >= 4 is 22.6 Å². The molecule has 0 bridgehead atoms. The molecule has 1 aliphatic heterocycles. The van der Waals surface area contributed by atoms with Gasteiger partial charge in [-0.15, -0.1) is 0 Å². The Morgan fingerprint density at radius 1 is 1.17 bits per heavy atom. The molecular formula is C22H24N2O6.